The number of anilines is 1. The molecule has 6 nitrogen and oxygen atoms in total. The average Bonchev–Trinajstić information content (AvgIpc) is 2.96. The molecule has 1 fully saturated rings. The van der Waals surface area contributed by atoms with Gasteiger partial charge in [0.05, 0.1) is 21.9 Å². The van der Waals surface area contributed by atoms with Gasteiger partial charge in [0.25, 0.3) is 5.69 Å². The Balaban J connectivity index is 2.07. The summed E-state index contributed by atoms with van der Waals surface area (Å²) in [6.07, 6.45) is 4.39. The van der Waals surface area contributed by atoms with Crippen molar-refractivity contribution in [2.45, 2.75) is 39.5 Å². The van der Waals surface area contributed by atoms with Gasteiger partial charge in [0, 0.05) is 31.3 Å². The number of H-pyrrole nitrogens is 1. The number of benzene rings is 1. The number of aromatic amines is 1. The van der Waals surface area contributed by atoms with Gasteiger partial charge in [-0.05, 0) is 38.3 Å². The molecule has 1 aromatic carbocycles. The normalized spacial score (nSPS) is 15.0. The zero-order chi connectivity index (χ0) is 16.4. The van der Waals surface area contributed by atoms with Crippen LogP contribution in [0, 0.1) is 17.0 Å². The van der Waals surface area contributed by atoms with E-state index in [1.54, 1.807) is 6.07 Å². The molecule has 3 rings (SSSR count). The van der Waals surface area contributed by atoms with Crippen molar-refractivity contribution in [1.82, 2.24) is 9.97 Å². The first kappa shape index (κ1) is 15.5. The van der Waals surface area contributed by atoms with Crippen molar-refractivity contribution in [2.75, 3.05) is 18.0 Å². The summed E-state index contributed by atoms with van der Waals surface area (Å²) in [7, 11) is 0. The molecule has 2 aromatic rings. The van der Waals surface area contributed by atoms with Crippen LogP contribution in [0.2, 0.25) is 0 Å². The highest BCUT2D eigenvalue weighted by atomic mass is 16.6. The summed E-state index contributed by atoms with van der Waals surface area (Å²) in [4.78, 5) is 21.1. The van der Waals surface area contributed by atoms with E-state index in [0.29, 0.717) is 5.56 Å². The summed E-state index contributed by atoms with van der Waals surface area (Å²) in [5.41, 5.74) is 3.37. The molecule has 0 atom stereocenters. The second-order valence-corrected chi connectivity index (χ2v) is 6.00. The van der Waals surface area contributed by atoms with Crippen LogP contribution in [-0.2, 0) is 6.42 Å². The van der Waals surface area contributed by atoms with Gasteiger partial charge < -0.3 is 9.88 Å². The van der Waals surface area contributed by atoms with E-state index in [1.165, 1.54) is 19.3 Å². The van der Waals surface area contributed by atoms with E-state index in [4.69, 9.17) is 0 Å². The standard InChI is InChI=1S/C17H22N4O2/c1-3-16-18-12(2)17(19-16)14-11-13(7-8-15(14)21(22)23)20-9-5-4-6-10-20/h7-8,11H,3-6,9-10H2,1-2H3,(H,18,19). The van der Waals surface area contributed by atoms with Crippen LogP contribution < -0.4 is 4.90 Å². The summed E-state index contributed by atoms with van der Waals surface area (Å²) >= 11 is 0. The molecule has 0 saturated carbocycles. The van der Waals surface area contributed by atoms with E-state index < -0.39 is 0 Å². The molecule has 6 heteroatoms. The predicted molar refractivity (Wildman–Crippen MR) is 90.9 cm³/mol. The number of nitrogens with one attached hydrogen (secondary N) is 1. The Morgan fingerprint density at radius 2 is 2.04 bits per heavy atom. The van der Waals surface area contributed by atoms with E-state index in [-0.39, 0.29) is 10.6 Å². The zero-order valence-corrected chi connectivity index (χ0v) is 13.6. The molecule has 0 radical (unpaired) electrons. The predicted octanol–water partition coefficient (Wildman–Crippen LogP) is 3.85. The minimum absolute atomic E-state index is 0.125. The monoisotopic (exact) mass is 314 g/mol. The number of nitro benzene ring substituents is 1. The molecule has 1 N–H and O–H groups in total. The molecule has 122 valence electrons. The Morgan fingerprint density at radius 1 is 1.30 bits per heavy atom. The van der Waals surface area contributed by atoms with Gasteiger partial charge in [-0.3, -0.25) is 10.1 Å². The van der Waals surface area contributed by atoms with Crippen LogP contribution in [0.4, 0.5) is 11.4 Å². The van der Waals surface area contributed by atoms with Crippen LogP contribution in [0.1, 0.15) is 37.7 Å². The van der Waals surface area contributed by atoms with Gasteiger partial charge in [0.15, 0.2) is 0 Å². The molecule has 0 unspecified atom stereocenters. The summed E-state index contributed by atoms with van der Waals surface area (Å²) in [6.45, 7) is 5.93. The second kappa shape index (κ2) is 6.40. The molecular formula is C17H22N4O2. The van der Waals surface area contributed by atoms with E-state index >= 15 is 0 Å². The van der Waals surface area contributed by atoms with E-state index in [1.807, 2.05) is 26.0 Å². The van der Waals surface area contributed by atoms with Crippen molar-refractivity contribution in [3.63, 3.8) is 0 Å². The van der Waals surface area contributed by atoms with Crippen molar-refractivity contribution in [3.8, 4) is 11.3 Å². The Kier molecular flexibility index (Phi) is 4.32. The molecule has 0 aliphatic carbocycles. The SMILES string of the molecule is CCc1nc(C)c(-c2cc(N3CCCCC3)ccc2[N+](=O)[O-])[nH]1. The number of aryl methyl sites for hydroxylation is 2. The molecule has 1 saturated heterocycles. The van der Waals surface area contributed by atoms with Crippen LogP contribution in [-0.4, -0.2) is 28.0 Å². The molecule has 2 heterocycles. The zero-order valence-electron chi connectivity index (χ0n) is 13.6. The average molecular weight is 314 g/mol. The molecule has 0 amide bonds. The lowest BCUT2D eigenvalue weighted by Crippen LogP contribution is -2.29. The smallest absolute Gasteiger partial charge is 0.278 e. The molecule has 1 aromatic heterocycles. The van der Waals surface area contributed by atoms with Crippen LogP contribution >= 0.6 is 0 Å². The number of hydrogen-bond donors (Lipinski definition) is 1. The highest BCUT2D eigenvalue weighted by molar-refractivity contribution is 5.76. The van der Waals surface area contributed by atoms with Crippen LogP contribution in [0.5, 0.6) is 0 Å². The summed E-state index contributed by atoms with van der Waals surface area (Å²) in [5.74, 6) is 0.857. The Bertz CT molecular complexity index is 717. The van der Waals surface area contributed by atoms with Gasteiger partial charge in [-0.2, -0.15) is 0 Å². The first-order chi connectivity index (χ1) is 11.1. The summed E-state index contributed by atoms with van der Waals surface area (Å²) in [6, 6.07) is 5.41. The maximum Gasteiger partial charge on any atom is 0.278 e. The number of aromatic nitrogens is 2. The molecule has 23 heavy (non-hydrogen) atoms. The minimum atomic E-state index is -0.318. The fourth-order valence-electron chi connectivity index (χ4n) is 3.18. The first-order valence-electron chi connectivity index (χ1n) is 8.19. The maximum absolute atomic E-state index is 11.4. The number of nitrogens with zero attached hydrogens (tertiary/aromatic N) is 3. The lowest BCUT2D eigenvalue weighted by Gasteiger charge is -2.29. The van der Waals surface area contributed by atoms with Crippen molar-refractivity contribution >= 4 is 11.4 Å². The van der Waals surface area contributed by atoms with Gasteiger partial charge in [-0.1, -0.05) is 6.92 Å². The molecule has 0 bridgehead atoms. The Morgan fingerprint density at radius 3 is 2.65 bits per heavy atom. The largest absolute Gasteiger partial charge is 0.372 e. The van der Waals surface area contributed by atoms with Crippen LogP contribution in [0.25, 0.3) is 11.3 Å². The number of piperidine rings is 1. The van der Waals surface area contributed by atoms with Gasteiger partial charge in [-0.25, -0.2) is 4.98 Å². The van der Waals surface area contributed by atoms with Gasteiger partial charge in [0.2, 0.25) is 0 Å². The third-order valence-electron chi connectivity index (χ3n) is 4.44. The molecule has 1 aliphatic rings. The van der Waals surface area contributed by atoms with Gasteiger partial charge >= 0.3 is 0 Å². The first-order valence-corrected chi connectivity index (χ1v) is 8.19. The lowest BCUT2D eigenvalue weighted by atomic mass is 10.0. The second-order valence-electron chi connectivity index (χ2n) is 6.00. The summed E-state index contributed by atoms with van der Waals surface area (Å²) in [5, 5.41) is 11.4. The van der Waals surface area contributed by atoms with E-state index in [9.17, 15) is 10.1 Å². The number of hydrogen-bond acceptors (Lipinski definition) is 4. The fourth-order valence-corrected chi connectivity index (χ4v) is 3.18. The Labute approximate surface area is 135 Å². The van der Waals surface area contributed by atoms with Crippen molar-refractivity contribution < 1.29 is 4.92 Å². The molecule has 0 spiro atoms. The third kappa shape index (κ3) is 3.06. The topological polar surface area (TPSA) is 75.1 Å². The Hall–Kier alpha value is -2.37. The quantitative estimate of drug-likeness (QED) is 0.687. The van der Waals surface area contributed by atoms with Crippen LogP contribution in [0.3, 0.4) is 0 Å². The van der Waals surface area contributed by atoms with E-state index in [0.717, 1.165) is 42.4 Å². The van der Waals surface area contributed by atoms with Crippen molar-refractivity contribution in [1.29, 1.82) is 0 Å². The van der Waals surface area contributed by atoms with Crippen LogP contribution in [0.15, 0.2) is 18.2 Å². The highest BCUT2D eigenvalue weighted by Gasteiger charge is 2.22. The lowest BCUT2D eigenvalue weighted by molar-refractivity contribution is -0.384. The van der Waals surface area contributed by atoms with Crippen molar-refractivity contribution in [2.24, 2.45) is 0 Å². The third-order valence-corrected chi connectivity index (χ3v) is 4.44. The maximum atomic E-state index is 11.4. The number of rotatable bonds is 4. The fraction of sp³-hybridized carbons (Fsp3) is 0.471. The summed E-state index contributed by atoms with van der Waals surface area (Å²) < 4.78 is 0. The highest BCUT2D eigenvalue weighted by Crippen LogP contribution is 2.35. The van der Waals surface area contributed by atoms with E-state index in [2.05, 4.69) is 14.9 Å². The molecular weight excluding hydrogens is 292 g/mol. The molecule has 1 aliphatic heterocycles. The van der Waals surface area contributed by atoms with Crippen molar-refractivity contribution in [3.05, 3.63) is 39.8 Å². The number of imidazole rings is 1. The minimum Gasteiger partial charge on any atom is -0.372 e. The van der Waals surface area contributed by atoms with Gasteiger partial charge in [-0.15, -0.1) is 0 Å². The van der Waals surface area contributed by atoms with Gasteiger partial charge in [0.1, 0.15) is 5.82 Å². The number of nitro groups is 1.